The maximum Gasteiger partial charge on any atom is 0.234 e. The van der Waals surface area contributed by atoms with Gasteiger partial charge in [0, 0.05) is 11.8 Å². The summed E-state index contributed by atoms with van der Waals surface area (Å²) in [6, 6.07) is 20.9. The molecule has 4 rings (SSSR count). The number of hydrogen-bond donors (Lipinski definition) is 1. The van der Waals surface area contributed by atoms with Gasteiger partial charge in [-0.05, 0) is 29.8 Å². The fraction of sp³-hybridized carbons (Fsp3) is 0.0909. The van der Waals surface area contributed by atoms with Crippen molar-refractivity contribution in [3.63, 3.8) is 0 Å². The normalized spacial score (nSPS) is 10.8. The molecule has 9 heteroatoms. The van der Waals surface area contributed by atoms with Crippen LogP contribution in [-0.4, -0.2) is 31.4 Å². The zero-order valence-electron chi connectivity index (χ0n) is 16.2. The molecule has 0 unspecified atom stereocenters. The molecule has 2 aromatic heterocycles. The lowest BCUT2D eigenvalue weighted by atomic mass is 10.2. The standard InChI is InChI=1S/C22H17Cl2N5OS/c23-17-10-5-4-9-16(17)21-27-28-22(29(21)13-15-7-2-1-3-8-15)31-14-19(30)26-18-11-6-12-25-20(18)24/h1-12H,13-14H2,(H,26,30). The Morgan fingerprint density at radius 3 is 2.52 bits per heavy atom. The van der Waals surface area contributed by atoms with Crippen LogP contribution in [0.3, 0.4) is 0 Å². The van der Waals surface area contributed by atoms with Gasteiger partial charge in [0.25, 0.3) is 0 Å². The first-order chi connectivity index (χ1) is 15.1. The number of halogens is 2. The summed E-state index contributed by atoms with van der Waals surface area (Å²) < 4.78 is 1.96. The summed E-state index contributed by atoms with van der Waals surface area (Å²) in [4.78, 5) is 16.4. The molecule has 2 aromatic carbocycles. The number of carbonyl (C=O) groups excluding carboxylic acids is 1. The van der Waals surface area contributed by atoms with E-state index in [1.165, 1.54) is 11.8 Å². The molecule has 0 spiro atoms. The zero-order chi connectivity index (χ0) is 21.6. The molecule has 2 heterocycles. The third-order valence-electron chi connectivity index (χ3n) is 4.38. The quantitative estimate of drug-likeness (QED) is 0.288. The Morgan fingerprint density at radius 2 is 1.74 bits per heavy atom. The Morgan fingerprint density at radius 1 is 0.968 bits per heavy atom. The first-order valence-corrected chi connectivity index (χ1v) is 11.1. The molecular formula is C22H17Cl2N5OS. The number of rotatable bonds is 7. The first-order valence-electron chi connectivity index (χ1n) is 9.37. The topological polar surface area (TPSA) is 72.7 Å². The van der Waals surface area contributed by atoms with Gasteiger partial charge in [-0.2, -0.15) is 0 Å². The number of amides is 1. The lowest BCUT2D eigenvalue weighted by molar-refractivity contribution is -0.113. The summed E-state index contributed by atoms with van der Waals surface area (Å²) >= 11 is 13.7. The van der Waals surface area contributed by atoms with Gasteiger partial charge in [0.2, 0.25) is 5.91 Å². The highest BCUT2D eigenvalue weighted by Crippen LogP contribution is 2.30. The summed E-state index contributed by atoms with van der Waals surface area (Å²) in [6.07, 6.45) is 1.56. The van der Waals surface area contributed by atoms with E-state index in [4.69, 9.17) is 23.2 Å². The molecule has 0 fully saturated rings. The first kappa shape index (κ1) is 21.4. The molecule has 0 bridgehead atoms. The van der Waals surface area contributed by atoms with Crippen LogP contribution in [0.4, 0.5) is 5.69 Å². The predicted molar refractivity (Wildman–Crippen MR) is 125 cm³/mol. The second kappa shape index (κ2) is 9.96. The lowest BCUT2D eigenvalue weighted by Gasteiger charge is -2.11. The van der Waals surface area contributed by atoms with Crippen molar-refractivity contribution in [3.05, 3.63) is 88.7 Å². The van der Waals surface area contributed by atoms with Crippen LogP contribution in [0.2, 0.25) is 10.2 Å². The monoisotopic (exact) mass is 469 g/mol. The lowest BCUT2D eigenvalue weighted by Crippen LogP contribution is -2.15. The Bertz CT molecular complexity index is 1200. The van der Waals surface area contributed by atoms with E-state index in [1.807, 2.05) is 59.2 Å². The van der Waals surface area contributed by atoms with Gasteiger partial charge in [-0.15, -0.1) is 10.2 Å². The molecule has 0 saturated carbocycles. The number of benzene rings is 2. The molecule has 6 nitrogen and oxygen atoms in total. The van der Waals surface area contributed by atoms with Crippen LogP contribution in [0, 0.1) is 0 Å². The van der Waals surface area contributed by atoms with Crippen LogP contribution < -0.4 is 5.32 Å². The van der Waals surface area contributed by atoms with Crippen molar-refractivity contribution in [1.29, 1.82) is 0 Å². The fourth-order valence-electron chi connectivity index (χ4n) is 2.94. The van der Waals surface area contributed by atoms with Crippen LogP contribution in [0.5, 0.6) is 0 Å². The van der Waals surface area contributed by atoms with Gasteiger partial charge in [-0.1, -0.05) is 77.4 Å². The SMILES string of the molecule is O=C(CSc1nnc(-c2ccccc2Cl)n1Cc1ccccc1)Nc1cccnc1Cl. The molecule has 31 heavy (non-hydrogen) atoms. The number of thioether (sulfide) groups is 1. The van der Waals surface area contributed by atoms with Crippen molar-refractivity contribution < 1.29 is 4.79 Å². The van der Waals surface area contributed by atoms with E-state index >= 15 is 0 Å². The van der Waals surface area contributed by atoms with Gasteiger partial charge in [-0.25, -0.2) is 4.98 Å². The predicted octanol–water partition coefficient (Wildman–Crippen LogP) is 5.43. The second-order valence-electron chi connectivity index (χ2n) is 6.54. The third-order valence-corrected chi connectivity index (χ3v) is 5.98. The van der Waals surface area contributed by atoms with Crippen molar-refractivity contribution in [2.45, 2.75) is 11.7 Å². The molecule has 1 N–H and O–H groups in total. The molecule has 0 radical (unpaired) electrons. The number of nitrogens with one attached hydrogen (secondary N) is 1. The van der Waals surface area contributed by atoms with Crippen molar-refractivity contribution in [1.82, 2.24) is 19.7 Å². The average molecular weight is 470 g/mol. The van der Waals surface area contributed by atoms with Gasteiger partial charge in [-0.3, -0.25) is 9.36 Å². The highest BCUT2D eigenvalue weighted by Gasteiger charge is 2.18. The Labute approximate surface area is 193 Å². The van der Waals surface area contributed by atoms with Crippen LogP contribution in [-0.2, 0) is 11.3 Å². The van der Waals surface area contributed by atoms with Gasteiger partial charge >= 0.3 is 0 Å². The molecule has 0 atom stereocenters. The Hall–Kier alpha value is -2.87. The molecule has 0 aliphatic heterocycles. The van der Waals surface area contributed by atoms with E-state index in [1.54, 1.807) is 18.3 Å². The number of hydrogen-bond acceptors (Lipinski definition) is 5. The molecule has 0 aliphatic carbocycles. The van der Waals surface area contributed by atoms with E-state index in [2.05, 4.69) is 20.5 Å². The number of aromatic nitrogens is 4. The van der Waals surface area contributed by atoms with Crippen molar-refractivity contribution in [3.8, 4) is 11.4 Å². The van der Waals surface area contributed by atoms with E-state index in [-0.39, 0.29) is 16.8 Å². The van der Waals surface area contributed by atoms with E-state index in [9.17, 15) is 4.79 Å². The molecular weight excluding hydrogens is 453 g/mol. The summed E-state index contributed by atoms with van der Waals surface area (Å²) in [5.41, 5.74) is 2.34. The minimum Gasteiger partial charge on any atom is -0.323 e. The summed E-state index contributed by atoms with van der Waals surface area (Å²) in [7, 11) is 0. The van der Waals surface area contributed by atoms with Crippen LogP contribution in [0.25, 0.3) is 11.4 Å². The summed E-state index contributed by atoms with van der Waals surface area (Å²) in [5, 5.41) is 12.9. The highest BCUT2D eigenvalue weighted by molar-refractivity contribution is 7.99. The average Bonchev–Trinajstić information content (AvgIpc) is 3.17. The molecule has 156 valence electrons. The van der Waals surface area contributed by atoms with Crippen LogP contribution >= 0.6 is 35.0 Å². The minimum atomic E-state index is -0.214. The zero-order valence-corrected chi connectivity index (χ0v) is 18.5. The molecule has 1 amide bonds. The summed E-state index contributed by atoms with van der Waals surface area (Å²) in [6.45, 7) is 0.548. The number of anilines is 1. The van der Waals surface area contributed by atoms with Gasteiger partial charge in [0.1, 0.15) is 0 Å². The Balaban J connectivity index is 1.57. The summed E-state index contributed by atoms with van der Waals surface area (Å²) in [5.74, 6) is 0.571. The minimum absolute atomic E-state index is 0.140. The smallest absolute Gasteiger partial charge is 0.234 e. The number of pyridine rings is 1. The third kappa shape index (κ3) is 5.25. The fourth-order valence-corrected chi connectivity index (χ4v) is 4.07. The van der Waals surface area contributed by atoms with Crippen molar-refractivity contribution in [2.24, 2.45) is 0 Å². The maximum absolute atomic E-state index is 12.4. The van der Waals surface area contributed by atoms with E-state index in [0.29, 0.717) is 28.2 Å². The van der Waals surface area contributed by atoms with Crippen LogP contribution in [0.15, 0.2) is 78.1 Å². The van der Waals surface area contributed by atoms with Crippen molar-refractivity contribution in [2.75, 3.05) is 11.1 Å². The highest BCUT2D eigenvalue weighted by atomic mass is 35.5. The molecule has 0 saturated heterocycles. The Kier molecular flexibility index (Phi) is 6.86. The van der Waals surface area contributed by atoms with Crippen molar-refractivity contribution >= 4 is 46.6 Å². The van der Waals surface area contributed by atoms with Crippen LogP contribution in [0.1, 0.15) is 5.56 Å². The van der Waals surface area contributed by atoms with Gasteiger partial charge < -0.3 is 5.32 Å². The molecule has 4 aromatic rings. The van der Waals surface area contributed by atoms with E-state index < -0.39 is 0 Å². The number of nitrogens with zero attached hydrogens (tertiary/aromatic N) is 4. The largest absolute Gasteiger partial charge is 0.323 e. The van der Waals surface area contributed by atoms with E-state index in [0.717, 1.165) is 11.1 Å². The molecule has 0 aliphatic rings. The maximum atomic E-state index is 12.4. The second-order valence-corrected chi connectivity index (χ2v) is 8.24. The van der Waals surface area contributed by atoms with Gasteiger partial charge in [0.15, 0.2) is 16.1 Å². The van der Waals surface area contributed by atoms with Gasteiger partial charge in [0.05, 0.1) is 23.0 Å². The number of carbonyl (C=O) groups is 1.